The minimum atomic E-state index is -1.01. The lowest BCUT2D eigenvalue weighted by molar-refractivity contribution is 0.231. The minimum absolute atomic E-state index is 0.380. The molecule has 25 heavy (non-hydrogen) atoms. The van der Waals surface area contributed by atoms with Gasteiger partial charge >= 0.3 is 0 Å². The lowest BCUT2D eigenvalue weighted by atomic mass is 10.0. The summed E-state index contributed by atoms with van der Waals surface area (Å²) < 4.78 is 3.31. The Morgan fingerprint density at radius 1 is 1.28 bits per heavy atom. The van der Waals surface area contributed by atoms with Crippen LogP contribution in [0.2, 0.25) is 10.0 Å². The number of halogens is 2. The molecule has 0 saturated carbocycles. The summed E-state index contributed by atoms with van der Waals surface area (Å²) in [5, 5.41) is 20.4. The van der Waals surface area contributed by atoms with E-state index in [1.807, 2.05) is 27.0 Å². The smallest absolute Gasteiger partial charge is 0.138 e. The highest BCUT2D eigenvalue weighted by molar-refractivity contribution is 6.35. The molecule has 3 rings (SSSR count). The molecule has 0 aliphatic heterocycles. The first-order chi connectivity index (χ1) is 11.9. The van der Waals surface area contributed by atoms with Crippen molar-refractivity contribution in [3.05, 3.63) is 63.4 Å². The Bertz CT molecular complexity index is 931. The van der Waals surface area contributed by atoms with Crippen molar-refractivity contribution in [2.24, 2.45) is 7.05 Å². The predicted molar refractivity (Wildman–Crippen MR) is 98.3 cm³/mol. The third kappa shape index (κ3) is 3.46. The first-order valence-corrected chi connectivity index (χ1v) is 8.34. The summed E-state index contributed by atoms with van der Waals surface area (Å²) in [5.41, 5.74) is 3.79. The van der Waals surface area contributed by atoms with E-state index < -0.39 is 6.10 Å². The standard InChI is InChI=1S/C17H17Cl2N5O/c1-10-14(11(2)23(3)22-10)7-16(24-9-20-8-21-24)17(25)13-5-4-12(18)6-15(13)19/h4-9,17,25H,1-3H3/b16-7+/t17-/m0/s1. The van der Waals surface area contributed by atoms with E-state index in [1.54, 1.807) is 22.9 Å². The van der Waals surface area contributed by atoms with Gasteiger partial charge in [-0.1, -0.05) is 29.3 Å². The maximum atomic E-state index is 11.0. The molecule has 6 nitrogen and oxygen atoms in total. The zero-order valence-electron chi connectivity index (χ0n) is 14.0. The molecule has 1 atom stereocenters. The van der Waals surface area contributed by atoms with Gasteiger partial charge in [-0.2, -0.15) is 10.2 Å². The summed E-state index contributed by atoms with van der Waals surface area (Å²) >= 11 is 12.2. The van der Waals surface area contributed by atoms with Gasteiger partial charge in [0.15, 0.2) is 0 Å². The second-order valence-corrected chi connectivity index (χ2v) is 6.53. The minimum Gasteiger partial charge on any atom is -0.382 e. The zero-order valence-corrected chi connectivity index (χ0v) is 15.5. The van der Waals surface area contributed by atoms with Crippen LogP contribution in [0.5, 0.6) is 0 Å². The molecule has 0 amide bonds. The Morgan fingerprint density at radius 2 is 2.04 bits per heavy atom. The monoisotopic (exact) mass is 377 g/mol. The average molecular weight is 378 g/mol. The molecular weight excluding hydrogens is 361 g/mol. The van der Waals surface area contributed by atoms with Crippen molar-refractivity contribution in [3.8, 4) is 0 Å². The molecule has 1 aromatic carbocycles. The van der Waals surface area contributed by atoms with E-state index in [-0.39, 0.29) is 0 Å². The van der Waals surface area contributed by atoms with Crippen LogP contribution in [0.3, 0.4) is 0 Å². The van der Waals surface area contributed by atoms with Crippen LogP contribution < -0.4 is 0 Å². The number of aromatic nitrogens is 5. The van der Waals surface area contributed by atoms with Crippen molar-refractivity contribution in [1.82, 2.24) is 24.5 Å². The largest absolute Gasteiger partial charge is 0.382 e. The fraction of sp³-hybridized carbons (Fsp3) is 0.235. The highest BCUT2D eigenvalue weighted by Gasteiger charge is 2.21. The molecule has 2 heterocycles. The number of aliphatic hydroxyl groups excluding tert-OH is 1. The molecule has 0 bridgehead atoms. The summed E-state index contributed by atoms with van der Waals surface area (Å²) in [6.07, 6.45) is 3.78. The molecule has 0 unspecified atom stereocenters. The summed E-state index contributed by atoms with van der Waals surface area (Å²) in [4.78, 5) is 3.97. The molecule has 3 aromatic rings. The van der Waals surface area contributed by atoms with Crippen molar-refractivity contribution >= 4 is 35.0 Å². The molecule has 0 saturated heterocycles. The fourth-order valence-corrected chi connectivity index (χ4v) is 3.15. The van der Waals surface area contributed by atoms with Crippen LogP contribution in [-0.2, 0) is 7.05 Å². The van der Waals surface area contributed by atoms with Crippen molar-refractivity contribution in [3.63, 3.8) is 0 Å². The van der Waals surface area contributed by atoms with Crippen molar-refractivity contribution in [2.75, 3.05) is 0 Å². The zero-order chi connectivity index (χ0) is 18.1. The van der Waals surface area contributed by atoms with Crippen LogP contribution in [-0.4, -0.2) is 29.7 Å². The lowest BCUT2D eigenvalue weighted by Crippen LogP contribution is -2.09. The van der Waals surface area contributed by atoms with Crippen LogP contribution in [0.25, 0.3) is 11.8 Å². The van der Waals surface area contributed by atoms with E-state index in [9.17, 15) is 5.11 Å². The van der Waals surface area contributed by atoms with Gasteiger partial charge < -0.3 is 5.11 Å². The van der Waals surface area contributed by atoms with Gasteiger partial charge in [-0.3, -0.25) is 4.68 Å². The van der Waals surface area contributed by atoms with Crippen LogP contribution >= 0.6 is 23.2 Å². The summed E-state index contributed by atoms with van der Waals surface area (Å²) in [6.45, 7) is 3.88. The Balaban J connectivity index is 2.14. The Hall–Kier alpha value is -2.15. The number of rotatable bonds is 4. The van der Waals surface area contributed by atoms with Gasteiger partial charge in [0.1, 0.15) is 18.8 Å². The topological polar surface area (TPSA) is 68.8 Å². The molecule has 0 fully saturated rings. The normalized spacial score (nSPS) is 13.3. The van der Waals surface area contributed by atoms with E-state index in [2.05, 4.69) is 15.2 Å². The van der Waals surface area contributed by atoms with Crippen molar-refractivity contribution < 1.29 is 5.11 Å². The summed E-state index contributed by atoms with van der Waals surface area (Å²) in [5.74, 6) is 0. The maximum absolute atomic E-state index is 11.0. The molecule has 1 N–H and O–H groups in total. The van der Waals surface area contributed by atoms with Crippen molar-refractivity contribution in [2.45, 2.75) is 20.0 Å². The van der Waals surface area contributed by atoms with Gasteiger partial charge in [0.2, 0.25) is 0 Å². The summed E-state index contributed by atoms with van der Waals surface area (Å²) in [7, 11) is 1.88. The van der Waals surface area contributed by atoms with Gasteiger partial charge in [-0.25, -0.2) is 9.67 Å². The van der Waals surface area contributed by atoms with E-state index in [0.717, 1.165) is 17.0 Å². The number of benzene rings is 1. The van der Waals surface area contributed by atoms with Gasteiger partial charge in [0, 0.05) is 33.9 Å². The highest BCUT2D eigenvalue weighted by atomic mass is 35.5. The number of aryl methyl sites for hydroxylation is 2. The van der Waals surface area contributed by atoms with E-state index >= 15 is 0 Å². The van der Waals surface area contributed by atoms with Crippen LogP contribution in [0.15, 0.2) is 30.9 Å². The number of aliphatic hydroxyl groups is 1. The molecule has 0 spiro atoms. The molecule has 0 radical (unpaired) electrons. The van der Waals surface area contributed by atoms with Crippen LogP contribution in [0.1, 0.15) is 28.6 Å². The molecule has 130 valence electrons. The van der Waals surface area contributed by atoms with Gasteiger partial charge in [0.25, 0.3) is 0 Å². The average Bonchev–Trinajstić information content (AvgIpc) is 3.15. The first-order valence-electron chi connectivity index (χ1n) is 7.58. The number of nitrogens with zero attached hydrogens (tertiary/aromatic N) is 5. The maximum Gasteiger partial charge on any atom is 0.138 e. The number of hydrogen-bond acceptors (Lipinski definition) is 4. The van der Waals surface area contributed by atoms with Crippen LogP contribution in [0, 0.1) is 13.8 Å². The van der Waals surface area contributed by atoms with E-state index in [0.29, 0.717) is 21.3 Å². The third-order valence-corrected chi connectivity index (χ3v) is 4.64. The molecular formula is C17H17Cl2N5O. The van der Waals surface area contributed by atoms with Gasteiger partial charge in [0.05, 0.1) is 11.4 Å². The van der Waals surface area contributed by atoms with Crippen molar-refractivity contribution in [1.29, 1.82) is 0 Å². The SMILES string of the molecule is Cc1nn(C)c(C)c1/C=C(\[C@@H](O)c1ccc(Cl)cc1Cl)n1cncn1. The van der Waals surface area contributed by atoms with E-state index in [1.165, 1.54) is 17.3 Å². The van der Waals surface area contributed by atoms with Crippen LogP contribution in [0.4, 0.5) is 0 Å². The van der Waals surface area contributed by atoms with E-state index in [4.69, 9.17) is 23.2 Å². The highest BCUT2D eigenvalue weighted by Crippen LogP contribution is 2.33. The molecule has 2 aromatic heterocycles. The quantitative estimate of drug-likeness (QED) is 0.752. The van der Waals surface area contributed by atoms with Gasteiger partial charge in [-0.05, 0) is 32.1 Å². The molecule has 8 heteroatoms. The molecule has 0 aliphatic carbocycles. The third-order valence-electron chi connectivity index (χ3n) is 4.08. The number of hydrogen-bond donors (Lipinski definition) is 1. The lowest BCUT2D eigenvalue weighted by Gasteiger charge is -2.17. The first kappa shape index (κ1) is 17.7. The fourth-order valence-electron chi connectivity index (χ4n) is 2.64. The Labute approximate surface area is 155 Å². The predicted octanol–water partition coefficient (Wildman–Crippen LogP) is 3.67. The summed E-state index contributed by atoms with van der Waals surface area (Å²) in [6, 6.07) is 4.98. The molecule has 0 aliphatic rings. The Morgan fingerprint density at radius 3 is 2.60 bits per heavy atom. The second-order valence-electron chi connectivity index (χ2n) is 5.69. The van der Waals surface area contributed by atoms with Gasteiger partial charge in [-0.15, -0.1) is 0 Å². The Kier molecular flexibility index (Phi) is 4.94. The second kappa shape index (κ2) is 7.00.